The second-order valence-electron chi connectivity index (χ2n) is 4.84. The van der Waals surface area contributed by atoms with Gasteiger partial charge in [-0.15, -0.1) is 6.07 Å². The molecule has 1 aliphatic rings. The van der Waals surface area contributed by atoms with E-state index in [0.717, 1.165) is 16.8 Å². The summed E-state index contributed by atoms with van der Waals surface area (Å²) in [5, 5.41) is 2.65. The molecule has 1 radical (unpaired) electrons. The van der Waals surface area contributed by atoms with E-state index in [2.05, 4.69) is 19.2 Å². The molecule has 6 heteroatoms. The van der Waals surface area contributed by atoms with Crippen LogP contribution in [0.3, 0.4) is 0 Å². The van der Waals surface area contributed by atoms with Crippen LogP contribution in [-0.2, 0) is 42.2 Å². The number of hydrogen-bond donors (Lipinski definition) is 1. The molecular formula is C16H18N2O3Y-2. The van der Waals surface area contributed by atoms with Crippen molar-refractivity contribution in [3.05, 3.63) is 49.2 Å². The number of cyclic esters (lactones) is 1. The zero-order chi connectivity index (χ0) is 15.4. The van der Waals surface area contributed by atoms with Gasteiger partial charge in [-0.05, 0) is 0 Å². The molecule has 1 N–H and O–H groups in total. The monoisotopic (exact) mass is 375 g/mol. The third-order valence-corrected chi connectivity index (χ3v) is 3.19. The molecule has 1 heterocycles. The number of hydrogen-bond acceptors (Lipinski definition) is 3. The fourth-order valence-corrected chi connectivity index (χ4v) is 2.13. The molecule has 1 atom stereocenters. The summed E-state index contributed by atoms with van der Waals surface area (Å²) in [6, 6.07) is 5.54. The predicted molar refractivity (Wildman–Crippen MR) is 81.6 cm³/mol. The predicted octanol–water partition coefficient (Wildman–Crippen LogP) is 2.17. The fraction of sp³-hybridized carbons (Fsp3) is 0.250. The first kappa shape index (κ1) is 18.6. The van der Waals surface area contributed by atoms with Gasteiger partial charge in [0, 0.05) is 45.3 Å². The maximum atomic E-state index is 11.9. The smallest absolute Gasteiger partial charge is 0.414 e. The molecule has 0 bridgehead atoms. The van der Waals surface area contributed by atoms with E-state index in [4.69, 9.17) is 4.74 Å². The van der Waals surface area contributed by atoms with Crippen molar-refractivity contribution in [3.8, 4) is 0 Å². The molecule has 22 heavy (non-hydrogen) atoms. The number of allylic oxidation sites excluding steroid dienone is 1. The van der Waals surface area contributed by atoms with Crippen LogP contribution in [-0.4, -0.2) is 31.2 Å². The SMILES string of the molecule is [CH2-]C=Cc1cc(N2C[C@H](CNC(C)=O)OC2=O)ccc1[CH2-].[Y]. The summed E-state index contributed by atoms with van der Waals surface area (Å²) >= 11 is 0. The number of anilines is 1. The largest absolute Gasteiger partial charge is 0.442 e. The molecule has 0 saturated carbocycles. The van der Waals surface area contributed by atoms with Crippen LogP contribution < -0.4 is 10.2 Å². The Hall–Kier alpha value is -1.46. The number of benzene rings is 1. The van der Waals surface area contributed by atoms with E-state index < -0.39 is 6.09 Å². The molecule has 2 amide bonds. The van der Waals surface area contributed by atoms with Crippen molar-refractivity contribution >= 4 is 23.8 Å². The van der Waals surface area contributed by atoms with Crippen LogP contribution in [0.15, 0.2) is 24.3 Å². The third kappa shape index (κ3) is 4.52. The minimum atomic E-state index is -0.410. The molecular weight excluding hydrogens is 357 g/mol. The molecule has 5 nitrogen and oxygen atoms in total. The summed E-state index contributed by atoms with van der Waals surface area (Å²) in [5.41, 5.74) is 2.51. The second kappa shape index (κ2) is 8.25. The van der Waals surface area contributed by atoms with Gasteiger partial charge in [-0.2, -0.15) is 13.0 Å². The minimum Gasteiger partial charge on any atom is -0.442 e. The van der Waals surface area contributed by atoms with E-state index in [0.29, 0.717) is 13.1 Å². The molecule has 0 spiro atoms. The summed E-state index contributed by atoms with van der Waals surface area (Å²) in [6.45, 7) is 9.74. The Morgan fingerprint density at radius 1 is 1.55 bits per heavy atom. The maximum Gasteiger partial charge on any atom is 0.414 e. The fourth-order valence-electron chi connectivity index (χ4n) is 2.13. The van der Waals surface area contributed by atoms with Gasteiger partial charge in [0.1, 0.15) is 6.10 Å². The standard InChI is InChI=1S/C16H18N2O3.Y/c1-4-5-13-8-14(7-6-11(13)2)18-10-15(21-16(18)20)9-17-12(3)19;/h4-8,15H,1-2,9-10H2,3H3,(H,17,19);/q-2;/t15-;/m0./s1. The Labute approximate surface area is 156 Å². The minimum absolute atomic E-state index is 0. The van der Waals surface area contributed by atoms with Gasteiger partial charge < -0.3 is 10.1 Å². The van der Waals surface area contributed by atoms with Crippen molar-refractivity contribution in [2.45, 2.75) is 13.0 Å². The summed E-state index contributed by atoms with van der Waals surface area (Å²) in [5.74, 6) is -0.145. The first-order valence-electron chi connectivity index (χ1n) is 6.65. The Bertz CT molecular complexity index is 587. The molecule has 1 aliphatic heterocycles. The van der Waals surface area contributed by atoms with Crippen molar-refractivity contribution in [2.24, 2.45) is 0 Å². The summed E-state index contributed by atoms with van der Waals surface area (Å²) in [4.78, 5) is 24.4. The topological polar surface area (TPSA) is 58.6 Å². The number of nitrogens with zero attached hydrogens (tertiary/aromatic N) is 1. The van der Waals surface area contributed by atoms with Crippen LogP contribution in [0.25, 0.3) is 6.08 Å². The van der Waals surface area contributed by atoms with Gasteiger partial charge in [0.05, 0.1) is 13.1 Å². The number of carbonyl (C=O) groups is 2. The first-order valence-corrected chi connectivity index (χ1v) is 6.65. The third-order valence-electron chi connectivity index (χ3n) is 3.19. The van der Waals surface area contributed by atoms with Crippen LogP contribution in [0.2, 0.25) is 0 Å². The molecule has 2 rings (SSSR count). The molecule has 1 fully saturated rings. The molecule has 115 valence electrons. The summed E-state index contributed by atoms with van der Waals surface area (Å²) in [6.07, 6.45) is 2.76. The number of rotatable bonds is 4. The second-order valence-corrected chi connectivity index (χ2v) is 4.84. The van der Waals surface area contributed by atoms with Crippen LogP contribution in [0.4, 0.5) is 10.5 Å². The average Bonchev–Trinajstić information content (AvgIpc) is 2.80. The van der Waals surface area contributed by atoms with E-state index in [9.17, 15) is 9.59 Å². The van der Waals surface area contributed by atoms with Crippen LogP contribution >= 0.6 is 0 Å². The summed E-state index contributed by atoms with van der Waals surface area (Å²) in [7, 11) is 0. The van der Waals surface area contributed by atoms with E-state index in [1.807, 2.05) is 24.3 Å². The van der Waals surface area contributed by atoms with Crippen LogP contribution in [0, 0.1) is 13.8 Å². The molecule has 0 aliphatic carbocycles. The average molecular weight is 375 g/mol. The zero-order valence-electron chi connectivity index (χ0n) is 12.5. The Morgan fingerprint density at radius 3 is 2.91 bits per heavy atom. The van der Waals surface area contributed by atoms with E-state index in [1.165, 1.54) is 6.92 Å². The van der Waals surface area contributed by atoms with Gasteiger partial charge in [-0.25, -0.2) is 28.9 Å². The van der Waals surface area contributed by atoms with Crippen LogP contribution in [0.1, 0.15) is 18.1 Å². The molecule has 1 saturated heterocycles. The van der Waals surface area contributed by atoms with Gasteiger partial charge in [0.2, 0.25) is 5.91 Å². The summed E-state index contributed by atoms with van der Waals surface area (Å²) < 4.78 is 5.24. The van der Waals surface area contributed by atoms with Gasteiger partial charge in [-0.1, -0.05) is 6.07 Å². The molecule has 0 unspecified atom stereocenters. The van der Waals surface area contributed by atoms with Crippen molar-refractivity contribution in [3.63, 3.8) is 0 Å². The molecule has 0 aromatic heterocycles. The number of carbonyl (C=O) groups excluding carboxylic acids is 2. The van der Waals surface area contributed by atoms with Crippen molar-refractivity contribution in [1.29, 1.82) is 0 Å². The van der Waals surface area contributed by atoms with E-state index in [1.54, 1.807) is 11.0 Å². The number of ether oxygens (including phenoxy) is 1. The maximum absolute atomic E-state index is 11.9. The van der Waals surface area contributed by atoms with Gasteiger partial charge >= 0.3 is 6.09 Å². The Kier molecular flexibility index (Phi) is 6.97. The number of amides is 2. The van der Waals surface area contributed by atoms with Crippen LogP contribution in [0.5, 0.6) is 0 Å². The van der Waals surface area contributed by atoms with Gasteiger partial charge in [0.25, 0.3) is 0 Å². The van der Waals surface area contributed by atoms with Gasteiger partial charge in [0.15, 0.2) is 0 Å². The van der Waals surface area contributed by atoms with E-state index >= 15 is 0 Å². The van der Waals surface area contributed by atoms with Crippen molar-refractivity contribution in [1.82, 2.24) is 5.32 Å². The molecule has 1 aromatic rings. The Morgan fingerprint density at radius 2 is 2.27 bits per heavy atom. The molecule has 1 aromatic carbocycles. The van der Waals surface area contributed by atoms with Gasteiger partial charge in [-0.3, -0.25) is 15.8 Å². The first-order chi connectivity index (χ1) is 10.0. The van der Waals surface area contributed by atoms with E-state index in [-0.39, 0.29) is 44.7 Å². The normalized spacial score (nSPS) is 17.2. The van der Waals surface area contributed by atoms with Crippen molar-refractivity contribution in [2.75, 3.05) is 18.0 Å². The zero-order valence-corrected chi connectivity index (χ0v) is 15.4. The van der Waals surface area contributed by atoms with Crippen molar-refractivity contribution < 1.29 is 47.0 Å². The quantitative estimate of drug-likeness (QED) is 0.821. The number of nitrogens with one attached hydrogen (secondary N) is 1. The Balaban J connectivity index is 0.00000242.